The topological polar surface area (TPSA) is 80.8 Å². The van der Waals surface area contributed by atoms with Crippen LogP contribution >= 0.6 is 0 Å². The van der Waals surface area contributed by atoms with Gasteiger partial charge in [-0.3, -0.25) is 9.10 Å². The Morgan fingerprint density at radius 3 is 2.39 bits per heavy atom. The van der Waals surface area contributed by atoms with Gasteiger partial charge in [0.15, 0.2) is 11.5 Å². The molecule has 8 heteroatoms. The van der Waals surface area contributed by atoms with E-state index in [1.807, 2.05) is 0 Å². The van der Waals surface area contributed by atoms with Gasteiger partial charge in [0.05, 0.1) is 17.0 Å². The summed E-state index contributed by atoms with van der Waals surface area (Å²) in [5.41, 5.74) is -0.115. The van der Waals surface area contributed by atoms with Crippen LogP contribution in [0, 0.1) is 5.82 Å². The SMILES string of the molecule is C=CCN1C(C(C)=O)=C(OC(=O)c2ccc(F)cc2)c2ccccc2S1(=O)=O. The number of hydrogen-bond donors (Lipinski definition) is 0. The van der Waals surface area contributed by atoms with Crippen LogP contribution in [0.3, 0.4) is 0 Å². The number of halogens is 1. The maximum atomic E-state index is 13.1. The predicted molar refractivity (Wildman–Crippen MR) is 99.9 cm³/mol. The molecule has 0 N–H and O–H groups in total. The number of ketones is 1. The summed E-state index contributed by atoms with van der Waals surface area (Å²) in [7, 11) is -4.04. The van der Waals surface area contributed by atoms with Crippen LogP contribution in [0.15, 0.2) is 71.8 Å². The molecule has 0 fully saturated rings. The van der Waals surface area contributed by atoms with E-state index in [2.05, 4.69) is 6.58 Å². The lowest BCUT2D eigenvalue weighted by atomic mass is 10.1. The lowest BCUT2D eigenvalue weighted by molar-refractivity contribution is -0.114. The highest BCUT2D eigenvalue weighted by Gasteiger charge is 2.39. The van der Waals surface area contributed by atoms with E-state index in [4.69, 9.17) is 4.74 Å². The molecule has 0 amide bonds. The summed E-state index contributed by atoms with van der Waals surface area (Å²) in [6, 6.07) is 10.6. The second-order valence-corrected chi connectivity index (χ2v) is 7.78. The van der Waals surface area contributed by atoms with Crippen molar-refractivity contribution in [2.24, 2.45) is 0 Å². The van der Waals surface area contributed by atoms with E-state index in [0.29, 0.717) is 0 Å². The Balaban J connectivity index is 2.20. The summed E-state index contributed by atoms with van der Waals surface area (Å²) in [6.45, 7) is 4.53. The van der Waals surface area contributed by atoms with Gasteiger partial charge in [0, 0.05) is 12.5 Å². The van der Waals surface area contributed by atoms with Crippen molar-refractivity contribution in [2.45, 2.75) is 11.8 Å². The number of sulfonamides is 1. The number of carbonyl (C=O) groups excluding carboxylic acids is 2. The van der Waals surface area contributed by atoms with Crippen LogP contribution in [0.1, 0.15) is 22.8 Å². The summed E-state index contributed by atoms with van der Waals surface area (Å²) in [5, 5.41) is 0. The van der Waals surface area contributed by atoms with E-state index in [9.17, 15) is 22.4 Å². The number of rotatable bonds is 5. The fourth-order valence-electron chi connectivity index (χ4n) is 2.84. The molecular weight excluding hydrogens is 385 g/mol. The molecule has 0 unspecified atom stereocenters. The maximum Gasteiger partial charge on any atom is 0.343 e. The first kappa shape index (κ1) is 19.5. The molecule has 1 aliphatic heterocycles. The highest BCUT2D eigenvalue weighted by atomic mass is 32.2. The minimum absolute atomic E-state index is 0.0537. The van der Waals surface area contributed by atoms with Gasteiger partial charge in [0.25, 0.3) is 10.0 Å². The summed E-state index contributed by atoms with van der Waals surface area (Å²) in [6.07, 6.45) is 1.33. The average molecular weight is 401 g/mol. The smallest absolute Gasteiger partial charge is 0.343 e. The molecule has 2 aromatic carbocycles. The molecule has 3 rings (SSSR count). The Kier molecular flexibility index (Phi) is 5.15. The number of nitrogens with zero attached hydrogens (tertiary/aromatic N) is 1. The molecule has 6 nitrogen and oxygen atoms in total. The van der Waals surface area contributed by atoms with E-state index in [0.717, 1.165) is 16.4 Å². The number of hydrogen-bond acceptors (Lipinski definition) is 5. The van der Waals surface area contributed by atoms with Crippen molar-refractivity contribution in [3.05, 3.63) is 83.8 Å². The van der Waals surface area contributed by atoms with Crippen LogP contribution in [-0.2, 0) is 19.6 Å². The molecule has 1 aliphatic rings. The summed E-state index contributed by atoms with van der Waals surface area (Å²) in [5.74, 6) is -2.14. The first-order chi connectivity index (χ1) is 13.3. The molecule has 1 heterocycles. The van der Waals surface area contributed by atoms with Crippen LogP contribution in [-0.4, -0.2) is 31.0 Å². The molecule has 2 aromatic rings. The van der Waals surface area contributed by atoms with Crippen LogP contribution in [0.25, 0.3) is 5.76 Å². The van der Waals surface area contributed by atoms with Crippen molar-refractivity contribution in [1.82, 2.24) is 4.31 Å². The number of fused-ring (bicyclic) bond motifs is 1. The Morgan fingerprint density at radius 2 is 1.79 bits per heavy atom. The highest BCUT2D eigenvalue weighted by Crippen LogP contribution is 2.38. The molecule has 0 aromatic heterocycles. The third-order valence-corrected chi connectivity index (χ3v) is 5.89. The lowest BCUT2D eigenvalue weighted by Crippen LogP contribution is -2.38. The van der Waals surface area contributed by atoms with Crippen molar-refractivity contribution in [2.75, 3.05) is 6.54 Å². The first-order valence-corrected chi connectivity index (χ1v) is 9.67. The average Bonchev–Trinajstić information content (AvgIpc) is 2.66. The normalized spacial score (nSPS) is 15.0. The van der Waals surface area contributed by atoms with Gasteiger partial charge in [-0.1, -0.05) is 18.2 Å². The van der Waals surface area contributed by atoms with Crippen LogP contribution in [0.2, 0.25) is 0 Å². The molecule has 0 spiro atoms. The van der Waals surface area contributed by atoms with Gasteiger partial charge >= 0.3 is 5.97 Å². The monoisotopic (exact) mass is 401 g/mol. The summed E-state index contributed by atoms with van der Waals surface area (Å²) >= 11 is 0. The minimum Gasteiger partial charge on any atom is -0.420 e. The zero-order valence-electron chi connectivity index (χ0n) is 14.9. The third kappa shape index (κ3) is 3.34. The number of esters is 1. The zero-order chi connectivity index (χ0) is 20.5. The van der Waals surface area contributed by atoms with E-state index >= 15 is 0 Å². The Morgan fingerprint density at radius 1 is 1.14 bits per heavy atom. The largest absolute Gasteiger partial charge is 0.420 e. The molecular formula is C20H16FNO5S. The van der Waals surface area contributed by atoms with Crippen LogP contribution < -0.4 is 0 Å². The van der Waals surface area contributed by atoms with E-state index in [1.165, 1.54) is 43.3 Å². The molecule has 0 saturated heterocycles. The zero-order valence-corrected chi connectivity index (χ0v) is 15.7. The van der Waals surface area contributed by atoms with Gasteiger partial charge in [-0.05, 0) is 36.4 Å². The standard InChI is InChI=1S/C20H16FNO5S/c1-3-12-22-18(13(2)23)19(16-6-4-5-7-17(16)28(22,25)26)27-20(24)14-8-10-15(21)11-9-14/h3-11H,1,12H2,2H3. The third-order valence-electron chi connectivity index (χ3n) is 4.07. The van der Waals surface area contributed by atoms with Crippen molar-refractivity contribution >= 4 is 27.5 Å². The second kappa shape index (κ2) is 7.40. The Hall–Kier alpha value is -3.26. The molecule has 0 saturated carbocycles. The van der Waals surface area contributed by atoms with E-state index in [1.54, 1.807) is 6.07 Å². The summed E-state index contributed by atoms with van der Waals surface area (Å²) in [4.78, 5) is 24.8. The van der Waals surface area contributed by atoms with Gasteiger partial charge in [0.2, 0.25) is 0 Å². The van der Waals surface area contributed by atoms with E-state index in [-0.39, 0.29) is 34.0 Å². The fraction of sp³-hybridized carbons (Fsp3) is 0.100. The van der Waals surface area contributed by atoms with Gasteiger partial charge < -0.3 is 4.74 Å². The van der Waals surface area contributed by atoms with Gasteiger partial charge in [-0.2, -0.15) is 0 Å². The predicted octanol–water partition coefficient (Wildman–Crippen LogP) is 3.13. The molecule has 28 heavy (non-hydrogen) atoms. The maximum absolute atomic E-state index is 13.1. The molecule has 144 valence electrons. The number of Topliss-reactive ketones (excluding diaryl/α,β-unsaturated/α-hetero) is 1. The number of carbonyl (C=O) groups is 2. The number of ether oxygens (including phenoxy) is 1. The van der Waals surface area contributed by atoms with Crippen molar-refractivity contribution < 1.29 is 27.1 Å². The number of benzene rings is 2. The molecule has 0 radical (unpaired) electrons. The highest BCUT2D eigenvalue weighted by molar-refractivity contribution is 7.89. The van der Waals surface area contributed by atoms with Crippen molar-refractivity contribution in [3.8, 4) is 0 Å². The lowest BCUT2D eigenvalue weighted by Gasteiger charge is -2.31. The van der Waals surface area contributed by atoms with Crippen molar-refractivity contribution in [3.63, 3.8) is 0 Å². The fourth-order valence-corrected chi connectivity index (χ4v) is 4.52. The Labute approximate surface area is 161 Å². The van der Waals surface area contributed by atoms with E-state index < -0.39 is 27.6 Å². The van der Waals surface area contributed by atoms with Crippen LogP contribution in [0.5, 0.6) is 0 Å². The molecule has 0 aliphatic carbocycles. The van der Waals surface area contributed by atoms with Crippen molar-refractivity contribution in [1.29, 1.82) is 0 Å². The Bertz CT molecular complexity index is 1100. The molecule has 0 atom stereocenters. The van der Waals surface area contributed by atoms with Gasteiger partial charge in [-0.25, -0.2) is 17.6 Å². The summed E-state index contributed by atoms with van der Waals surface area (Å²) < 4.78 is 45.3. The number of allylic oxidation sites excluding steroid dienone is 1. The van der Waals surface area contributed by atoms with Gasteiger partial charge in [0.1, 0.15) is 11.5 Å². The second-order valence-electron chi connectivity index (χ2n) is 5.95. The quantitative estimate of drug-likeness (QED) is 0.568. The van der Waals surface area contributed by atoms with Crippen LogP contribution in [0.4, 0.5) is 4.39 Å². The minimum atomic E-state index is -4.04. The molecule has 0 bridgehead atoms. The first-order valence-electron chi connectivity index (χ1n) is 8.23. The van der Waals surface area contributed by atoms with Gasteiger partial charge in [-0.15, -0.1) is 6.58 Å².